The third-order valence-electron chi connectivity index (χ3n) is 4.58. The van der Waals surface area contributed by atoms with Gasteiger partial charge in [-0.25, -0.2) is 0 Å². The minimum absolute atomic E-state index is 0.261. The van der Waals surface area contributed by atoms with Crippen molar-refractivity contribution >= 4 is 0 Å². The van der Waals surface area contributed by atoms with Gasteiger partial charge < -0.3 is 13.9 Å². The van der Waals surface area contributed by atoms with Gasteiger partial charge in [-0.2, -0.15) is 4.68 Å². The maximum atomic E-state index is 5.46. The molecule has 148 valence electrons. The molecule has 8 heteroatoms. The minimum Gasteiger partial charge on any atom is -0.497 e. The van der Waals surface area contributed by atoms with Gasteiger partial charge in [0.15, 0.2) is 5.82 Å². The van der Waals surface area contributed by atoms with E-state index >= 15 is 0 Å². The van der Waals surface area contributed by atoms with Gasteiger partial charge in [0.1, 0.15) is 17.3 Å². The Kier molecular flexibility index (Phi) is 5.53. The van der Waals surface area contributed by atoms with Crippen molar-refractivity contribution in [3.05, 3.63) is 84.1 Å². The van der Waals surface area contributed by atoms with Crippen molar-refractivity contribution in [3.63, 3.8) is 0 Å². The number of ether oxygens (including phenoxy) is 2. The SMILES string of the molecule is COc1ccc([C@H](NCc2ccco2)c2nnnn2-c2ccc(OC)cc2)cc1. The Balaban J connectivity index is 1.69. The average Bonchev–Trinajstić information content (AvgIpc) is 3.47. The van der Waals surface area contributed by atoms with Crippen molar-refractivity contribution in [2.75, 3.05) is 14.2 Å². The third kappa shape index (κ3) is 4.12. The summed E-state index contributed by atoms with van der Waals surface area (Å²) in [5.41, 5.74) is 1.84. The van der Waals surface area contributed by atoms with Crippen LogP contribution in [-0.4, -0.2) is 34.4 Å². The van der Waals surface area contributed by atoms with E-state index in [2.05, 4.69) is 20.8 Å². The molecule has 0 radical (unpaired) electrons. The van der Waals surface area contributed by atoms with Gasteiger partial charge in [0, 0.05) is 0 Å². The highest BCUT2D eigenvalue weighted by Crippen LogP contribution is 2.25. The first kappa shape index (κ1) is 18.7. The van der Waals surface area contributed by atoms with Crippen LogP contribution < -0.4 is 14.8 Å². The molecular weight excluding hydrogens is 370 g/mol. The summed E-state index contributed by atoms with van der Waals surface area (Å²) in [6, 6.07) is 18.9. The van der Waals surface area contributed by atoms with E-state index in [4.69, 9.17) is 13.9 Å². The van der Waals surface area contributed by atoms with Crippen molar-refractivity contribution < 1.29 is 13.9 Å². The zero-order chi connectivity index (χ0) is 20.1. The van der Waals surface area contributed by atoms with Crippen LogP contribution in [0.3, 0.4) is 0 Å². The lowest BCUT2D eigenvalue weighted by Gasteiger charge is -2.18. The van der Waals surface area contributed by atoms with Gasteiger partial charge in [-0.05, 0) is 64.5 Å². The Morgan fingerprint density at radius 2 is 1.66 bits per heavy atom. The highest BCUT2D eigenvalue weighted by molar-refractivity contribution is 5.39. The summed E-state index contributed by atoms with van der Waals surface area (Å²) in [6.45, 7) is 0.527. The summed E-state index contributed by atoms with van der Waals surface area (Å²) < 4.78 is 17.7. The molecule has 0 aliphatic rings. The fourth-order valence-corrected chi connectivity index (χ4v) is 3.05. The molecule has 2 aromatic heterocycles. The first-order chi connectivity index (χ1) is 14.3. The molecule has 1 N–H and O–H groups in total. The van der Waals surface area contributed by atoms with E-state index in [-0.39, 0.29) is 6.04 Å². The Morgan fingerprint density at radius 3 is 2.28 bits per heavy atom. The van der Waals surface area contributed by atoms with Gasteiger partial charge in [0.05, 0.1) is 38.8 Å². The normalized spacial score (nSPS) is 11.9. The van der Waals surface area contributed by atoms with Crippen LogP contribution in [0.4, 0.5) is 0 Å². The number of hydrogen-bond acceptors (Lipinski definition) is 7. The van der Waals surface area contributed by atoms with E-state index in [0.29, 0.717) is 12.4 Å². The van der Waals surface area contributed by atoms with Crippen molar-refractivity contribution in [3.8, 4) is 17.2 Å². The largest absolute Gasteiger partial charge is 0.497 e. The summed E-state index contributed by atoms with van der Waals surface area (Å²) in [7, 11) is 3.28. The van der Waals surface area contributed by atoms with Gasteiger partial charge in [0.25, 0.3) is 0 Å². The molecule has 2 heterocycles. The maximum absolute atomic E-state index is 5.46. The van der Waals surface area contributed by atoms with Gasteiger partial charge in [-0.15, -0.1) is 5.10 Å². The van der Waals surface area contributed by atoms with E-state index in [9.17, 15) is 0 Å². The summed E-state index contributed by atoms with van der Waals surface area (Å²) >= 11 is 0. The molecule has 0 unspecified atom stereocenters. The van der Waals surface area contributed by atoms with E-state index in [1.807, 2.05) is 60.7 Å². The zero-order valence-corrected chi connectivity index (χ0v) is 16.1. The molecule has 0 aliphatic heterocycles. The first-order valence-electron chi connectivity index (χ1n) is 9.11. The zero-order valence-electron chi connectivity index (χ0n) is 16.1. The van der Waals surface area contributed by atoms with Crippen molar-refractivity contribution in [2.24, 2.45) is 0 Å². The van der Waals surface area contributed by atoms with E-state index in [0.717, 1.165) is 28.5 Å². The van der Waals surface area contributed by atoms with Gasteiger partial charge in [-0.1, -0.05) is 12.1 Å². The molecule has 29 heavy (non-hydrogen) atoms. The number of benzene rings is 2. The molecule has 0 amide bonds. The Labute approximate surface area is 168 Å². The highest BCUT2D eigenvalue weighted by Gasteiger charge is 2.22. The molecule has 0 spiro atoms. The van der Waals surface area contributed by atoms with Crippen molar-refractivity contribution in [2.45, 2.75) is 12.6 Å². The Hall–Kier alpha value is -3.65. The topological polar surface area (TPSA) is 87.2 Å². The lowest BCUT2D eigenvalue weighted by molar-refractivity contribution is 0.414. The molecular formula is C21H21N5O3. The lowest BCUT2D eigenvalue weighted by Crippen LogP contribution is -2.25. The molecule has 0 saturated heterocycles. The molecule has 0 fully saturated rings. The highest BCUT2D eigenvalue weighted by atomic mass is 16.5. The van der Waals surface area contributed by atoms with Crippen LogP contribution in [0.25, 0.3) is 5.69 Å². The second-order valence-electron chi connectivity index (χ2n) is 6.31. The monoisotopic (exact) mass is 391 g/mol. The lowest BCUT2D eigenvalue weighted by atomic mass is 10.1. The van der Waals surface area contributed by atoms with Gasteiger partial charge in [0.2, 0.25) is 0 Å². The second kappa shape index (κ2) is 8.57. The average molecular weight is 391 g/mol. The molecule has 8 nitrogen and oxygen atoms in total. The third-order valence-corrected chi connectivity index (χ3v) is 4.58. The Morgan fingerprint density at radius 1 is 0.966 bits per heavy atom. The predicted octanol–water partition coefficient (Wildman–Crippen LogP) is 3.15. The molecule has 4 rings (SSSR count). The van der Waals surface area contributed by atoms with Crippen LogP contribution in [0.1, 0.15) is 23.2 Å². The first-order valence-corrected chi connectivity index (χ1v) is 9.11. The van der Waals surface area contributed by atoms with Crippen LogP contribution in [0.15, 0.2) is 71.3 Å². The summed E-state index contributed by atoms with van der Waals surface area (Å²) in [5, 5.41) is 15.9. The van der Waals surface area contributed by atoms with Gasteiger partial charge in [-0.3, -0.25) is 5.32 Å². The fourth-order valence-electron chi connectivity index (χ4n) is 3.05. The smallest absolute Gasteiger partial charge is 0.178 e. The standard InChI is InChI=1S/C21H21N5O3/c1-27-17-9-5-15(6-10-17)20(22-14-19-4-3-13-29-19)21-23-24-25-26(21)16-7-11-18(28-2)12-8-16/h3-13,20,22H,14H2,1-2H3/t20-/m0/s1. The maximum Gasteiger partial charge on any atom is 0.178 e. The fraction of sp³-hybridized carbons (Fsp3) is 0.190. The molecule has 0 bridgehead atoms. The van der Waals surface area contributed by atoms with E-state index in [1.54, 1.807) is 25.2 Å². The number of nitrogens with zero attached hydrogens (tertiary/aromatic N) is 4. The number of nitrogens with one attached hydrogen (secondary N) is 1. The number of tetrazole rings is 1. The van der Waals surface area contributed by atoms with Gasteiger partial charge >= 0.3 is 0 Å². The number of methoxy groups -OCH3 is 2. The number of aromatic nitrogens is 4. The van der Waals surface area contributed by atoms with Crippen LogP contribution in [0.2, 0.25) is 0 Å². The number of furan rings is 1. The van der Waals surface area contributed by atoms with Crippen LogP contribution >= 0.6 is 0 Å². The molecule has 4 aromatic rings. The number of hydrogen-bond donors (Lipinski definition) is 1. The molecule has 2 aromatic carbocycles. The predicted molar refractivity (Wildman–Crippen MR) is 106 cm³/mol. The molecule has 0 aliphatic carbocycles. The molecule has 0 saturated carbocycles. The van der Waals surface area contributed by atoms with Crippen LogP contribution in [0.5, 0.6) is 11.5 Å². The minimum atomic E-state index is -0.261. The summed E-state index contributed by atoms with van der Waals surface area (Å²) in [4.78, 5) is 0. The van der Waals surface area contributed by atoms with Crippen LogP contribution in [-0.2, 0) is 6.54 Å². The molecule has 1 atom stereocenters. The van der Waals surface area contributed by atoms with Crippen molar-refractivity contribution in [1.29, 1.82) is 0 Å². The quantitative estimate of drug-likeness (QED) is 0.494. The van der Waals surface area contributed by atoms with Crippen molar-refractivity contribution in [1.82, 2.24) is 25.5 Å². The second-order valence-corrected chi connectivity index (χ2v) is 6.31. The van der Waals surface area contributed by atoms with E-state index < -0.39 is 0 Å². The Bertz CT molecular complexity index is 1030. The summed E-state index contributed by atoms with van der Waals surface area (Å²) in [6.07, 6.45) is 1.65. The number of rotatable bonds is 8. The van der Waals surface area contributed by atoms with E-state index in [1.165, 1.54) is 0 Å². The summed E-state index contributed by atoms with van der Waals surface area (Å²) in [5.74, 6) is 3.04. The van der Waals surface area contributed by atoms with Crippen LogP contribution in [0, 0.1) is 0 Å².